The second-order valence-electron chi connectivity index (χ2n) is 4.84. The summed E-state index contributed by atoms with van der Waals surface area (Å²) in [7, 11) is 0. The minimum atomic E-state index is -2.45. The molecular weight excluding hydrogens is 236 g/mol. The summed E-state index contributed by atoms with van der Waals surface area (Å²) < 4.78 is 30.8. The van der Waals surface area contributed by atoms with Crippen molar-refractivity contribution in [3.05, 3.63) is 29.8 Å². The number of hydrogen-bond donors (Lipinski definition) is 1. The molecule has 1 saturated carbocycles. The van der Waals surface area contributed by atoms with Crippen molar-refractivity contribution < 1.29 is 13.5 Å². The van der Waals surface area contributed by atoms with E-state index in [9.17, 15) is 8.78 Å². The van der Waals surface area contributed by atoms with E-state index in [0.29, 0.717) is 13.2 Å². The predicted molar refractivity (Wildman–Crippen MR) is 67.0 cm³/mol. The zero-order valence-corrected chi connectivity index (χ0v) is 10.6. The fourth-order valence-corrected chi connectivity index (χ4v) is 2.03. The van der Waals surface area contributed by atoms with Crippen molar-refractivity contribution in [3.8, 4) is 5.75 Å². The van der Waals surface area contributed by atoms with Gasteiger partial charge in [0.05, 0.1) is 6.61 Å². The largest absolute Gasteiger partial charge is 0.494 e. The molecule has 0 saturated heterocycles. The zero-order chi connectivity index (χ0) is 13.0. The number of halogens is 2. The molecule has 18 heavy (non-hydrogen) atoms. The molecule has 0 atom stereocenters. The molecular formula is C14H19F2NO. The lowest BCUT2D eigenvalue weighted by atomic mass is 9.88. The Balaban J connectivity index is 1.79. The predicted octanol–water partition coefficient (Wildman–Crippen LogP) is 3.36. The van der Waals surface area contributed by atoms with E-state index in [0.717, 1.165) is 17.7 Å². The highest BCUT2D eigenvalue weighted by molar-refractivity contribution is 5.28. The van der Waals surface area contributed by atoms with Crippen molar-refractivity contribution >= 4 is 0 Å². The lowest BCUT2D eigenvalue weighted by Crippen LogP contribution is -2.48. The summed E-state index contributed by atoms with van der Waals surface area (Å²) in [5, 5.41) is 3.14. The van der Waals surface area contributed by atoms with Crippen molar-refractivity contribution in [2.75, 3.05) is 6.61 Å². The van der Waals surface area contributed by atoms with Crippen molar-refractivity contribution in [2.45, 2.75) is 44.7 Å². The van der Waals surface area contributed by atoms with Crippen LogP contribution in [0.2, 0.25) is 0 Å². The quantitative estimate of drug-likeness (QED) is 0.841. The lowest BCUT2D eigenvalue weighted by molar-refractivity contribution is -0.0930. The summed E-state index contributed by atoms with van der Waals surface area (Å²) in [5.41, 5.74) is 1.07. The summed E-state index contributed by atoms with van der Waals surface area (Å²) in [6.07, 6.45) is 0.887. The Morgan fingerprint density at radius 2 is 2.17 bits per heavy atom. The summed E-state index contributed by atoms with van der Waals surface area (Å²) in [6.45, 7) is 3.37. The average molecular weight is 255 g/mol. The molecule has 4 heteroatoms. The van der Waals surface area contributed by atoms with E-state index >= 15 is 0 Å². The number of hydrogen-bond acceptors (Lipinski definition) is 2. The first-order valence-corrected chi connectivity index (χ1v) is 6.42. The van der Waals surface area contributed by atoms with E-state index < -0.39 is 5.92 Å². The van der Waals surface area contributed by atoms with E-state index in [4.69, 9.17) is 4.74 Å². The van der Waals surface area contributed by atoms with Crippen LogP contribution in [0.15, 0.2) is 24.3 Å². The molecule has 0 bridgehead atoms. The SMILES string of the molecule is CCCOc1cccc(CNC2CC(F)(F)C2)c1. The van der Waals surface area contributed by atoms with Gasteiger partial charge in [0.25, 0.3) is 5.92 Å². The first-order chi connectivity index (χ1) is 8.59. The van der Waals surface area contributed by atoms with Gasteiger partial charge in [0.15, 0.2) is 0 Å². The molecule has 0 amide bonds. The van der Waals surface area contributed by atoms with Crippen molar-refractivity contribution in [2.24, 2.45) is 0 Å². The summed E-state index contributed by atoms with van der Waals surface area (Å²) in [5.74, 6) is -1.61. The fraction of sp³-hybridized carbons (Fsp3) is 0.571. The fourth-order valence-electron chi connectivity index (χ4n) is 2.03. The van der Waals surface area contributed by atoms with Gasteiger partial charge in [0, 0.05) is 25.4 Å². The molecule has 1 aliphatic rings. The first-order valence-electron chi connectivity index (χ1n) is 6.42. The highest BCUT2D eigenvalue weighted by Crippen LogP contribution is 2.37. The van der Waals surface area contributed by atoms with Crippen molar-refractivity contribution in [1.82, 2.24) is 5.32 Å². The molecule has 1 aromatic carbocycles. The summed E-state index contributed by atoms with van der Waals surface area (Å²) in [4.78, 5) is 0. The van der Waals surface area contributed by atoms with E-state index in [1.165, 1.54) is 0 Å². The van der Waals surface area contributed by atoms with Crippen LogP contribution in [0.1, 0.15) is 31.7 Å². The minimum Gasteiger partial charge on any atom is -0.494 e. The first kappa shape index (κ1) is 13.3. The molecule has 1 N–H and O–H groups in total. The van der Waals surface area contributed by atoms with Crippen LogP contribution in [0.3, 0.4) is 0 Å². The van der Waals surface area contributed by atoms with Crippen LogP contribution in [0, 0.1) is 0 Å². The lowest BCUT2D eigenvalue weighted by Gasteiger charge is -2.35. The normalized spacial score (nSPS) is 18.4. The molecule has 2 nitrogen and oxygen atoms in total. The third-order valence-electron chi connectivity index (χ3n) is 3.06. The highest BCUT2D eigenvalue weighted by Gasteiger charge is 2.44. The Morgan fingerprint density at radius 1 is 1.39 bits per heavy atom. The van der Waals surface area contributed by atoms with Gasteiger partial charge < -0.3 is 10.1 Å². The van der Waals surface area contributed by atoms with Gasteiger partial charge in [0.2, 0.25) is 0 Å². The smallest absolute Gasteiger partial charge is 0.251 e. The molecule has 0 radical (unpaired) electrons. The standard InChI is InChI=1S/C14H19F2NO/c1-2-6-18-13-5-3-4-11(7-13)10-17-12-8-14(15,16)9-12/h3-5,7,12,17H,2,6,8-10H2,1H3. The van der Waals surface area contributed by atoms with Crippen LogP contribution >= 0.6 is 0 Å². The summed E-state index contributed by atoms with van der Waals surface area (Å²) >= 11 is 0. The van der Waals surface area contributed by atoms with Crippen LogP contribution in [-0.2, 0) is 6.54 Å². The second kappa shape index (κ2) is 5.65. The molecule has 100 valence electrons. The van der Waals surface area contributed by atoms with Crippen molar-refractivity contribution in [3.63, 3.8) is 0 Å². The molecule has 0 spiro atoms. The van der Waals surface area contributed by atoms with E-state index in [1.54, 1.807) is 0 Å². The third kappa shape index (κ3) is 3.67. The average Bonchev–Trinajstić information content (AvgIpc) is 2.31. The molecule has 1 fully saturated rings. The zero-order valence-electron chi connectivity index (χ0n) is 10.6. The number of alkyl halides is 2. The number of ether oxygens (including phenoxy) is 1. The van der Waals surface area contributed by atoms with Crippen LogP contribution in [0.25, 0.3) is 0 Å². The maximum Gasteiger partial charge on any atom is 0.251 e. The van der Waals surface area contributed by atoms with Gasteiger partial charge in [-0.05, 0) is 24.1 Å². The minimum absolute atomic E-state index is 0.0426. The molecule has 1 aliphatic carbocycles. The summed E-state index contributed by atoms with van der Waals surface area (Å²) in [6, 6.07) is 7.72. The van der Waals surface area contributed by atoms with Gasteiger partial charge in [-0.25, -0.2) is 8.78 Å². The molecule has 0 aliphatic heterocycles. The Kier molecular flexibility index (Phi) is 4.17. The molecule has 0 aromatic heterocycles. The van der Waals surface area contributed by atoms with Crippen LogP contribution in [0.5, 0.6) is 5.75 Å². The molecule has 1 aromatic rings. The van der Waals surface area contributed by atoms with Gasteiger partial charge in [-0.1, -0.05) is 19.1 Å². The molecule has 0 heterocycles. The van der Waals surface area contributed by atoms with E-state index in [2.05, 4.69) is 12.2 Å². The maximum absolute atomic E-state index is 12.7. The van der Waals surface area contributed by atoms with Crippen LogP contribution < -0.4 is 10.1 Å². The van der Waals surface area contributed by atoms with Crippen LogP contribution in [-0.4, -0.2) is 18.6 Å². The Bertz CT molecular complexity index is 387. The van der Waals surface area contributed by atoms with Gasteiger partial charge in [0.1, 0.15) is 5.75 Å². The van der Waals surface area contributed by atoms with Gasteiger partial charge in [-0.15, -0.1) is 0 Å². The van der Waals surface area contributed by atoms with Gasteiger partial charge in [-0.2, -0.15) is 0 Å². The third-order valence-corrected chi connectivity index (χ3v) is 3.06. The Hall–Kier alpha value is -1.16. The topological polar surface area (TPSA) is 21.3 Å². The Labute approximate surface area is 106 Å². The second-order valence-corrected chi connectivity index (χ2v) is 4.84. The van der Waals surface area contributed by atoms with E-state index in [1.807, 2.05) is 24.3 Å². The Morgan fingerprint density at radius 3 is 2.83 bits per heavy atom. The van der Waals surface area contributed by atoms with E-state index in [-0.39, 0.29) is 18.9 Å². The highest BCUT2D eigenvalue weighted by atomic mass is 19.3. The maximum atomic E-state index is 12.7. The number of nitrogens with one attached hydrogen (secondary N) is 1. The van der Waals surface area contributed by atoms with Gasteiger partial charge >= 0.3 is 0 Å². The number of rotatable bonds is 6. The molecule has 0 unspecified atom stereocenters. The van der Waals surface area contributed by atoms with Gasteiger partial charge in [-0.3, -0.25) is 0 Å². The van der Waals surface area contributed by atoms with Crippen molar-refractivity contribution in [1.29, 1.82) is 0 Å². The molecule has 2 rings (SSSR count). The van der Waals surface area contributed by atoms with Crippen LogP contribution in [0.4, 0.5) is 8.78 Å². The monoisotopic (exact) mass is 255 g/mol. The number of benzene rings is 1.